The van der Waals surface area contributed by atoms with E-state index in [9.17, 15) is 0 Å². The van der Waals surface area contributed by atoms with Gasteiger partial charge in [0.1, 0.15) is 11.5 Å². The molecule has 9 aromatic rings. The number of ether oxygens (including phenoxy) is 2. The molecule has 0 fully saturated rings. The summed E-state index contributed by atoms with van der Waals surface area (Å²) < 4.78 is 14.4. The summed E-state index contributed by atoms with van der Waals surface area (Å²) in [7, 11) is 0. The Morgan fingerprint density at radius 2 is 0.720 bits per heavy atom. The number of anilines is 6. The van der Waals surface area contributed by atoms with E-state index in [1.54, 1.807) is 0 Å². The van der Waals surface area contributed by atoms with Gasteiger partial charge in [0, 0.05) is 56.3 Å². The maximum absolute atomic E-state index is 6.33. The van der Waals surface area contributed by atoms with Gasteiger partial charge in [0.05, 0.1) is 56.0 Å². The summed E-state index contributed by atoms with van der Waals surface area (Å²) in [6.45, 7) is 10.5. The third-order valence-electron chi connectivity index (χ3n) is 15.7. The first-order valence-electron chi connectivity index (χ1n) is 29.1. The first-order chi connectivity index (χ1) is 40.3. The highest BCUT2D eigenvalue weighted by atomic mass is 79.9. The largest absolute Gasteiger partial charge is 0.493 e. The number of fused-ring (bicyclic) bond motifs is 8. The fourth-order valence-corrected chi connectivity index (χ4v) is 11.9. The van der Waals surface area contributed by atoms with Gasteiger partial charge < -0.3 is 29.2 Å². The van der Waals surface area contributed by atoms with Gasteiger partial charge in [-0.2, -0.15) is 0 Å². The number of hydrogen-bond acceptors (Lipinski definition) is 6. The lowest BCUT2D eigenvalue weighted by Crippen LogP contribution is -2.12. The fraction of sp³-hybridized carbons (Fsp3) is 0.222. The van der Waals surface area contributed by atoms with E-state index >= 15 is 0 Å². The Labute approximate surface area is 499 Å². The van der Waals surface area contributed by atoms with E-state index in [0.29, 0.717) is 11.8 Å². The molecule has 2 atom stereocenters. The molecule has 414 valence electrons. The molecule has 5 heterocycles. The van der Waals surface area contributed by atoms with Crippen LogP contribution in [-0.4, -0.2) is 33.1 Å². The van der Waals surface area contributed by atoms with E-state index in [4.69, 9.17) is 19.4 Å². The summed E-state index contributed by atoms with van der Waals surface area (Å²) in [6, 6.07) is 64.1. The average molecular weight is 1210 g/mol. The number of aromatic nitrogens is 4. The Hall–Kier alpha value is -7.92. The van der Waals surface area contributed by atoms with Crippen LogP contribution in [0, 0.1) is 11.8 Å². The van der Waals surface area contributed by atoms with Crippen molar-refractivity contribution < 1.29 is 9.47 Å². The minimum Gasteiger partial charge on any atom is -0.493 e. The van der Waals surface area contributed by atoms with Crippen LogP contribution in [0.1, 0.15) is 102 Å². The molecule has 2 N–H and O–H groups in total. The van der Waals surface area contributed by atoms with Gasteiger partial charge in [-0.3, -0.25) is 0 Å². The molecule has 82 heavy (non-hydrogen) atoms. The van der Waals surface area contributed by atoms with Crippen molar-refractivity contribution in [3.05, 3.63) is 214 Å². The number of hydrogen-bond donors (Lipinski definition) is 2. The molecule has 0 amide bonds. The van der Waals surface area contributed by atoms with E-state index in [-0.39, 0.29) is 0 Å². The van der Waals surface area contributed by atoms with Crippen LogP contribution in [0.2, 0.25) is 0 Å². The van der Waals surface area contributed by atoms with Crippen LogP contribution < -0.4 is 19.3 Å². The number of nitrogens with zero attached hydrogens (tertiary/aromatic N) is 4. The molecule has 10 heteroatoms. The Kier molecular flexibility index (Phi) is 18.0. The minimum absolute atomic E-state index is 0.564. The number of aromatic amines is 2. The molecule has 2 aliphatic heterocycles. The van der Waals surface area contributed by atoms with Crippen molar-refractivity contribution in [3.63, 3.8) is 0 Å². The lowest BCUT2D eigenvalue weighted by molar-refractivity contribution is 0.233. The van der Waals surface area contributed by atoms with Gasteiger partial charge in [-0.25, -0.2) is 9.97 Å². The van der Waals surface area contributed by atoms with Crippen LogP contribution in [0.3, 0.4) is 0 Å². The van der Waals surface area contributed by atoms with Crippen molar-refractivity contribution in [2.24, 2.45) is 11.8 Å². The third-order valence-corrected chi connectivity index (χ3v) is 17.4. The lowest BCUT2D eigenvalue weighted by Gasteiger charge is -2.26. The van der Waals surface area contributed by atoms with Gasteiger partial charge in [-0.05, 0) is 213 Å². The predicted octanol–water partition coefficient (Wildman–Crippen LogP) is 21.6. The molecular weight excluding hydrogens is 1140 g/mol. The molecule has 0 spiro atoms. The highest BCUT2D eigenvalue weighted by Crippen LogP contribution is 2.42. The highest BCUT2D eigenvalue weighted by molar-refractivity contribution is 9.11. The minimum atomic E-state index is 0.564. The van der Waals surface area contributed by atoms with Crippen molar-refractivity contribution in [2.75, 3.05) is 23.0 Å². The lowest BCUT2D eigenvalue weighted by atomic mass is 10.0. The van der Waals surface area contributed by atoms with E-state index in [1.807, 2.05) is 0 Å². The van der Waals surface area contributed by atoms with Gasteiger partial charge in [-0.1, -0.05) is 127 Å². The SMILES string of the molecule is CCCCC(CC)COc1ccc(N(c2ccccc2)c2ccc(-c3c4nc(c(Br)c5ccc([nH]5)c(-c5ccc(N(c6ccccc6)c6ccc(OCC(CC)CCCC)cc6)cc5)c5nc(c(Br)c6ccc3[nH]6)C=C5)C=C4)cc2)cc1. The predicted molar refractivity (Wildman–Crippen MR) is 352 cm³/mol. The molecule has 0 saturated carbocycles. The zero-order chi connectivity index (χ0) is 56.4. The quantitative estimate of drug-likeness (QED) is 0.0704. The standard InChI is InChI=1S/C72H70Br2N6O2/c1-5-9-17-49(7-3)47-81-59-35-31-57(32-36-59)79(53-19-13-11-14-20-53)55-27-23-51(24-28-55)69-61-39-43-65(75-61)71(73)67-45-41-63(77-67)70(64-42-46-68(78-64)72(74)66-44-40-62(69)76-66)52-25-29-56(30-26-52)80(54-21-15-12-16-22-54)58-33-37-60(38-34-58)82-48-50(8-4)18-10-6-2/h11-16,19-46,49-50,75,78H,5-10,17-18,47-48H2,1-4H3. The third kappa shape index (κ3) is 12.6. The second-order valence-electron chi connectivity index (χ2n) is 21.3. The fourth-order valence-electron chi connectivity index (χ4n) is 11.0. The molecule has 11 rings (SSSR count). The van der Waals surface area contributed by atoms with Crippen LogP contribution in [-0.2, 0) is 0 Å². The number of unbranched alkanes of at least 4 members (excludes halogenated alkanes) is 2. The Morgan fingerprint density at radius 1 is 0.390 bits per heavy atom. The second kappa shape index (κ2) is 26.3. The summed E-state index contributed by atoms with van der Waals surface area (Å²) in [4.78, 5) is 22.8. The first-order valence-corrected chi connectivity index (χ1v) is 30.7. The molecule has 8 nitrogen and oxygen atoms in total. The topological polar surface area (TPSA) is 82.3 Å². The summed E-state index contributed by atoms with van der Waals surface area (Å²) >= 11 is 8.01. The monoisotopic (exact) mass is 1210 g/mol. The van der Waals surface area contributed by atoms with Crippen molar-refractivity contribution in [3.8, 4) is 33.8 Å². The van der Waals surface area contributed by atoms with Crippen LogP contribution in [0.4, 0.5) is 34.1 Å². The molecule has 0 saturated heterocycles. The molecular formula is C72H70Br2N6O2. The van der Waals surface area contributed by atoms with Crippen LogP contribution in [0.25, 0.3) is 68.6 Å². The molecule has 6 aromatic carbocycles. The van der Waals surface area contributed by atoms with E-state index in [2.05, 4.69) is 286 Å². The summed E-state index contributed by atoms with van der Waals surface area (Å²) in [6.07, 6.45) is 17.9. The Balaban J connectivity index is 0.940. The number of rotatable bonds is 22. The van der Waals surface area contributed by atoms with Gasteiger partial charge in [-0.15, -0.1) is 0 Å². The molecule has 8 bridgehead atoms. The first kappa shape index (κ1) is 56.0. The molecule has 0 aliphatic carbocycles. The molecule has 2 unspecified atom stereocenters. The van der Waals surface area contributed by atoms with Crippen molar-refractivity contribution in [1.82, 2.24) is 19.9 Å². The number of H-pyrrole nitrogens is 2. The van der Waals surface area contributed by atoms with Crippen molar-refractivity contribution >= 4 is 112 Å². The van der Waals surface area contributed by atoms with Crippen molar-refractivity contribution in [1.29, 1.82) is 0 Å². The van der Waals surface area contributed by atoms with Crippen molar-refractivity contribution in [2.45, 2.75) is 79.1 Å². The van der Waals surface area contributed by atoms with E-state index in [0.717, 1.165) is 148 Å². The van der Waals surface area contributed by atoms with Gasteiger partial charge in [0.15, 0.2) is 0 Å². The van der Waals surface area contributed by atoms with E-state index in [1.165, 1.54) is 38.5 Å². The highest BCUT2D eigenvalue weighted by Gasteiger charge is 2.20. The van der Waals surface area contributed by atoms with E-state index < -0.39 is 0 Å². The summed E-state index contributed by atoms with van der Waals surface area (Å²) in [5.41, 5.74) is 17.3. The smallest absolute Gasteiger partial charge is 0.119 e. The maximum Gasteiger partial charge on any atom is 0.119 e. The molecule has 2 aliphatic rings. The van der Waals surface area contributed by atoms with Gasteiger partial charge in [0.2, 0.25) is 0 Å². The molecule has 0 radical (unpaired) electrons. The zero-order valence-electron chi connectivity index (χ0n) is 47.2. The summed E-state index contributed by atoms with van der Waals surface area (Å²) in [5, 5.41) is 0. The second-order valence-corrected chi connectivity index (χ2v) is 22.8. The Morgan fingerprint density at radius 3 is 1.07 bits per heavy atom. The Bertz CT molecular complexity index is 3580. The average Bonchev–Trinajstić information content (AvgIpc) is 4.52. The van der Waals surface area contributed by atoms with Crippen LogP contribution in [0.15, 0.2) is 191 Å². The van der Waals surface area contributed by atoms with Gasteiger partial charge >= 0.3 is 0 Å². The normalized spacial score (nSPS) is 12.6. The number of nitrogens with one attached hydrogen (secondary N) is 2. The number of benzene rings is 6. The summed E-state index contributed by atoms with van der Waals surface area (Å²) in [5.74, 6) is 2.91. The maximum atomic E-state index is 6.33. The number of para-hydroxylation sites is 2. The van der Waals surface area contributed by atoms with Crippen LogP contribution >= 0.6 is 31.9 Å². The van der Waals surface area contributed by atoms with Gasteiger partial charge in [0.25, 0.3) is 0 Å². The molecule has 3 aromatic heterocycles. The zero-order valence-corrected chi connectivity index (χ0v) is 50.4. The number of halogens is 2. The van der Waals surface area contributed by atoms with Crippen LogP contribution in [0.5, 0.6) is 11.5 Å².